The molecule has 0 bridgehead atoms. The minimum absolute atomic E-state index is 0.583. The first-order valence-electron chi connectivity index (χ1n) is 10.2. The third-order valence-corrected chi connectivity index (χ3v) is 5.85. The summed E-state index contributed by atoms with van der Waals surface area (Å²) in [5, 5.41) is 9.93. The minimum atomic E-state index is 0.583. The van der Waals surface area contributed by atoms with Crippen molar-refractivity contribution >= 4 is 17.8 Å². The molecule has 3 aromatic rings. The standard InChI is InChI=1S/C24H30N4OS/c1-19(2)18-30-24-26-25-23(28(24)21-13-8-14-22(16-21)29-4)17-27(3)15-9-12-20-10-6-5-7-11-20/h5-14,16,19H,15,17-18H2,1-4H3. The fourth-order valence-electron chi connectivity index (χ4n) is 2.99. The van der Waals surface area contributed by atoms with Crippen LogP contribution in [-0.2, 0) is 6.54 Å². The highest BCUT2D eigenvalue weighted by atomic mass is 32.2. The van der Waals surface area contributed by atoms with Crippen LogP contribution in [0.4, 0.5) is 0 Å². The predicted molar refractivity (Wildman–Crippen MR) is 125 cm³/mol. The number of ether oxygens (including phenoxy) is 1. The van der Waals surface area contributed by atoms with E-state index in [9.17, 15) is 0 Å². The Kier molecular flexibility index (Phi) is 8.11. The molecule has 0 saturated carbocycles. The molecule has 30 heavy (non-hydrogen) atoms. The summed E-state index contributed by atoms with van der Waals surface area (Å²) >= 11 is 1.74. The summed E-state index contributed by atoms with van der Waals surface area (Å²) in [6, 6.07) is 18.4. The van der Waals surface area contributed by atoms with Crippen LogP contribution in [0.3, 0.4) is 0 Å². The van der Waals surface area contributed by atoms with Gasteiger partial charge in [0, 0.05) is 18.4 Å². The highest BCUT2D eigenvalue weighted by Crippen LogP contribution is 2.26. The van der Waals surface area contributed by atoms with Crippen molar-refractivity contribution in [2.75, 3.05) is 26.5 Å². The first-order valence-corrected chi connectivity index (χ1v) is 11.2. The Morgan fingerprint density at radius 2 is 1.90 bits per heavy atom. The van der Waals surface area contributed by atoms with Crippen LogP contribution in [0.5, 0.6) is 5.75 Å². The topological polar surface area (TPSA) is 43.2 Å². The molecule has 0 aliphatic heterocycles. The van der Waals surface area contributed by atoms with Gasteiger partial charge in [0.2, 0.25) is 0 Å². The Morgan fingerprint density at radius 3 is 2.63 bits per heavy atom. The van der Waals surface area contributed by atoms with E-state index in [1.165, 1.54) is 5.56 Å². The Hall–Kier alpha value is -2.57. The molecule has 0 aliphatic carbocycles. The molecule has 3 rings (SSSR count). The zero-order valence-electron chi connectivity index (χ0n) is 18.2. The molecule has 0 N–H and O–H groups in total. The second kappa shape index (κ2) is 11.0. The third kappa shape index (κ3) is 6.21. The maximum absolute atomic E-state index is 5.43. The molecular weight excluding hydrogens is 392 g/mol. The Labute approximate surface area is 183 Å². The van der Waals surface area contributed by atoms with E-state index in [0.29, 0.717) is 12.5 Å². The van der Waals surface area contributed by atoms with Crippen molar-refractivity contribution in [2.45, 2.75) is 25.5 Å². The lowest BCUT2D eigenvalue weighted by molar-refractivity contribution is 0.350. The molecule has 1 aromatic heterocycles. The van der Waals surface area contributed by atoms with Crippen molar-refractivity contribution in [1.29, 1.82) is 0 Å². The number of aromatic nitrogens is 3. The molecular formula is C24H30N4OS. The van der Waals surface area contributed by atoms with Gasteiger partial charge in [0.15, 0.2) is 11.0 Å². The molecule has 0 spiro atoms. The molecule has 1 heterocycles. The number of hydrogen-bond acceptors (Lipinski definition) is 5. The SMILES string of the molecule is COc1cccc(-n2c(CN(C)CC=Cc3ccccc3)nnc2SCC(C)C)c1. The molecule has 0 unspecified atom stereocenters. The van der Waals surface area contributed by atoms with Gasteiger partial charge < -0.3 is 4.74 Å². The molecule has 0 amide bonds. The van der Waals surface area contributed by atoms with Crippen molar-refractivity contribution in [3.05, 3.63) is 72.1 Å². The van der Waals surface area contributed by atoms with E-state index in [1.807, 2.05) is 24.3 Å². The summed E-state index contributed by atoms with van der Waals surface area (Å²) in [6.45, 7) is 5.96. The Balaban J connectivity index is 1.78. The van der Waals surface area contributed by atoms with Crippen molar-refractivity contribution < 1.29 is 4.74 Å². The van der Waals surface area contributed by atoms with E-state index in [2.05, 4.69) is 83.0 Å². The predicted octanol–water partition coefficient (Wildman–Crippen LogP) is 5.17. The molecule has 5 nitrogen and oxygen atoms in total. The van der Waals surface area contributed by atoms with Gasteiger partial charge in [0.05, 0.1) is 19.3 Å². The Bertz CT molecular complexity index is 953. The van der Waals surface area contributed by atoms with Gasteiger partial charge in [-0.3, -0.25) is 9.47 Å². The van der Waals surface area contributed by atoms with Gasteiger partial charge in [0.1, 0.15) is 5.75 Å². The number of methoxy groups -OCH3 is 1. The fraction of sp³-hybridized carbons (Fsp3) is 0.333. The van der Waals surface area contributed by atoms with Crippen molar-refractivity contribution in [3.8, 4) is 11.4 Å². The first-order chi connectivity index (χ1) is 14.6. The van der Waals surface area contributed by atoms with Crippen LogP contribution in [0.15, 0.2) is 65.8 Å². The number of likely N-dealkylation sites (N-methyl/N-ethyl adjacent to an activating group) is 1. The number of nitrogens with zero attached hydrogens (tertiary/aromatic N) is 4. The smallest absolute Gasteiger partial charge is 0.195 e. The van der Waals surface area contributed by atoms with Gasteiger partial charge in [-0.1, -0.05) is 74.2 Å². The number of benzene rings is 2. The highest BCUT2D eigenvalue weighted by molar-refractivity contribution is 7.99. The maximum Gasteiger partial charge on any atom is 0.195 e. The van der Waals surface area contributed by atoms with E-state index in [-0.39, 0.29) is 0 Å². The zero-order chi connectivity index (χ0) is 21.3. The van der Waals surface area contributed by atoms with Crippen LogP contribution < -0.4 is 4.74 Å². The maximum atomic E-state index is 5.43. The van der Waals surface area contributed by atoms with Crippen LogP contribution in [0.25, 0.3) is 11.8 Å². The second-order valence-corrected chi connectivity index (χ2v) is 8.64. The zero-order valence-corrected chi connectivity index (χ0v) is 19.0. The van der Waals surface area contributed by atoms with Gasteiger partial charge >= 0.3 is 0 Å². The summed E-state index contributed by atoms with van der Waals surface area (Å²) in [5.74, 6) is 3.33. The van der Waals surface area contributed by atoms with Gasteiger partial charge in [-0.15, -0.1) is 10.2 Å². The van der Waals surface area contributed by atoms with Gasteiger partial charge in [-0.25, -0.2) is 0 Å². The molecule has 158 valence electrons. The summed E-state index contributed by atoms with van der Waals surface area (Å²) < 4.78 is 7.57. The fourth-order valence-corrected chi connectivity index (χ4v) is 3.91. The van der Waals surface area contributed by atoms with Crippen molar-refractivity contribution in [2.24, 2.45) is 5.92 Å². The van der Waals surface area contributed by atoms with Crippen molar-refractivity contribution in [3.63, 3.8) is 0 Å². The lowest BCUT2D eigenvalue weighted by Gasteiger charge is -2.16. The quantitative estimate of drug-likeness (QED) is 0.422. The van der Waals surface area contributed by atoms with E-state index in [4.69, 9.17) is 4.74 Å². The normalized spacial score (nSPS) is 11.7. The lowest BCUT2D eigenvalue weighted by atomic mass is 10.2. The molecule has 0 radical (unpaired) electrons. The van der Waals surface area contributed by atoms with E-state index < -0.39 is 0 Å². The highest BCUT2D eigenvalue weighted by Gasteiger charge is 2.16. The average Bonchev–Trinajstić information content (AvgIpc) is 3.15. The largest absolute Gasteiger partial charge is 0.497 e. The number of thioether (sulfide) groups is 1. The summed E-state index contributed by atoms with van der Waals surface area (Å²) in [6.07, 6.45) is 4.32. The minimum Gasteiger partial charge on any atom is -0.497 e. The van der Waals surface area contributed by atoms with Gasteiger partial charge in [-0.2, -0.15) is 0 Å². The molecule has 0 atom stereocenters. The molecule has 0 fully saturated rings. The summed E-state index contributed by atoms with van der Waals surface area (Å²) in [7, 11) is 3.79. The first kappa shape index (κ1) is 22.1. The number of rotatable bonds is 10. The summed E-state index contributed by atoms with van der Waals surface area (Å²) in [4.78, 5) is 2.23. The van der Waals surface area contributed by atoms with Crippen LogP contribution in [0.1, 0.15) is 25.2 Å². The number of hydrogen-bond donors (Lipinski definition) is 0. The van der Waals surface area contributed by atoms with Crippen molar-refractivity contribution in [1.82, 2.24) is 19.7 Å². The van der Waals surface area contributed by atoms with Crippen LogP contribution in [-0.4, -0.2) is 46.1 Å². The molecule has 6 heteroatoms. The van der Waals surface area contributed by atoms with Crippen LogP contribution >= 0.6 is 11.8 Å². The van der Waals surface area contributed by atoms with Crippen LogP contribution in [0, 0.1) is 5.92 Å². The lowest BCUT2D eigenvalue weighted by Crippen LogP contribution is -2.20. The monoisotopic (exact) mass is 422 g/mol. The van der Waals surface area contributed by atoms with Crippen LogP contribution in [0.2, 0.25) is 0 Å². The average molecular weight is 423 g/mol. The van der Waals surface area contributed by atoms with E-state index in [1.54, 1.807) is 18.9 Å². The molecule has 0 saturated heterocycles. The molecule has 0 aliphatic rings. The third-order valence-electron chi connectivity index (χ3n) is 4.50. The van der Waals surface area contributed by atoms with E-state index in [0.717, 1.165) is 34.7 Å². The van der Waals surface area contributed by atoms with E-state index >= 15 is 0 Å². The Morgan fingerprint density at radius 1 is 1.10 bits per heavy atom. The second-order valence-electron chi connectivity index (χ2n) is 7.65. The van der Waals surface area contributed by atoms with Gasteiger partial charge in [0.25, 0.3) is 0 Å². The summed E-state index contributed by atoms with van der Waals surface area (Å²) in [5.41, 5.74) is 2.23. The van der Waals surface area contributed by atoms with Gasteiger partial charge in [-0.05, 0) is 30.7 Å². The molecule has 2 aromatic carbocycles.